The maximum atomic E-state index is 10.9. The van der Waals surface area contributed by atoms with E-state index in [1.54, 1.807) is 14.1 Å². The summed E-state index contributed by atoms with van der Waals surface area (Å²) in [6.45, 7) is 0. The van der Waals surface area contributed by atoms with E-state index in [2.05, 4.69) is 5.92 Å². The van der Waals surface area contributed by atoms with Crippen LogP contribution in [-0.2, 0) is 4.79 Å². The highest BCUT2D eigenvalue weighted by atomic mass is 16.2. The van der Waals surface area contributed by atoms with E-state index in [0.717, 1.165) is 0 Å². The minimum atomic E-state index is -0.542. The number of nitrogens with two attached hydrogens (primary N) is 1. The van der Waals surface area contributed by atoms with Gasteiger partial charge >= 0.3 is 0 Å². The van der Waals surface area contributed by atoms with Gasteiger partial charge in [0.2, 0.25) is 5.91 Å². The zero-order valence-corrected chi connectivity index (χ0v) is 6.29. The van der Waals surface area contributed by atoms with Gasteiger partial charge in [-0.1, -0.05) is 0 Å². The lowest BCUT2D eigenvalue weighted by molar-refractivity contribution is -0.129. The van der Waals surface area contributed by atoms with Crippen molar-refractivity contribution >= 4 is 5.91 Å². The molecule has 0 fully saturated rings. The maximum Gasteiger partial charge on any atom is 0.239 e. The number of hydrogen-bond acceptors (Lipinski definition) is 2. The zero-order chi connectivity index (χ0) is 8.15. The molecular weight excluding hydrogens is 128 g/mol. The van der Waals surface area contributed by atoms with Crippen molar-refractivity contribution in [2.45, 2.75) is 12.5 Å². The van der Waals surface area contributed by atoms with Crippen molar-refractivity contribution in [2.24, 2.45) is 5.73 Å². The lowest BCUT2D eigenvalue weighted by atomic mass is 10.2. The highest BCUT2D eigenvalue weighted by molar-refractivity contribution is 5.81. The number of amides is 1. The zero-order valence-electron chi connectivity index (χ0n) is 6.29. The highest BCUT2D eigenvalue weighted by Crippen LogP contribution is 1.89. The highest BCUT2D eigenvalue weighted by Gasteiger charge is 2.12. The Morgan fingerprint density at radius 2 is 2.30 bits per heavy atom. The summed E-state index contributed by atoms with van der Waals surface area (Å²) in [5, 5.41) is 0. The summed E-state index contributed by atoms with van der Waals surface area (Å²) in [6.07, 6.45) is 5.27. The van der Waals surface area contributed by atoms with Crippen LogP contribution in [0.2, 0.25) is 0 Å². The first-order valence-electron chi connectivity index (χ1n) is 2.99. The second kappa shape index (κ2) is 3.91. The van der Waals surface area contributed by atoms with Crippen LogP contribution in [0.5, 0.6) is 0 Å². The minimum absolute atomic E-state index is 0.127. The Hall–Kier alpha value is -1.01. The van der Waals surface area contributed by atoms with E-state index in [1.807, 2.05) is 0 Å². The first-order chi connectivity index (χ1) is 4.59. The van der Waals surface area contributed by atoms with E-state index in [9.17, 15) is 4.79 Å². The van der Waals surface area contributed by atoms with Gasteiger partial charge in [0, 0.05) is 20.5 Å². The lowest BCUT2D eigenvalue weighted by Crippen LogP contribution is -2.39. The van der Waals surface area contributed by atoms with E-state index in [0.29, 0.717) is 6.42 Å². The molecule has 0 spiro atoms. The molecule has 3 nitrogen and oxygen atoms in total. The molecule has 0 aliphatic heterocycles. The Bertz CT molecular complexity index is 157. The van der Waals surface area contributed by atoms with Gasteiger partial charge in [0.25, 0.3) is 0 Å². The normalized spacial score (nSPS) is 11.8. The fraction of sp³-hybridized carbons (Fsp3) is 0.571. The molecule has 0 aromatic rings. The van der Waals surface area contributed by atoms with Crippen molar-refractivity contribution in [2.75, 3.05) is 14.1 Å². The third kappa shape index (κ3) is 2.51. The smallest absolute Gasteiger partial charge is 0.239 e. The van der Waals surface area contributed by atoms with Crippen LogP contribution < -0.4 is 5.73 Å². The van der Waals surface area contributed by atoms with Gasteiger partial charge in [-0.05, 0) is 0 Å². The van der Waals surface area contributed by atoms with Gasteiger partial charge in [-0.3, -0.25) is 4.79 Å². The number of likely N-dealkylation sites (N-methyl/N-ethyl adjacent to an activating group) is 1. The number of carbonyl (C=O) groups is 1. The summed E-state index contributed by atoms with van der Waals surface area (Å²) in [4.78, 5) is 12.4. The molecular formula is C7H12N2O. The molecule has 0 aromatic heterocycles. The molecule has 0 aliphatic rings. The first-order valence-corrected chi connectivity index (χ1v) is 2.99. The molecule has 1 unspecified atom stereocenters. The first kappa shape index (κ1) is 8.99. The van der Waals surface area contributed by atoms with Crippen molar-refractivity contribution in [3.05, 3.63) is 0 Å². The molecule has 0 aliphatic carbocycles. The van der Waals surface area contributed by atoms with Crippen molar-refractivity contribution in [1.82, 2.24) is 4.90 Å². The molecule has 0 radical (unpaired) electrons. The van der Waals surface area contributed by atoms with Crippen LogP contribution in [0.15, 0.2) is 0 Å². The number of rotatable bonds is 2. The van der Waals surface area contributed by atoms with Gasteiger partial charge in [0.15, 0.2) is 0 Å². The molecule has 2 N–H and O–H groups in total. The molecule has 3 heteroatoms. The fourth-order valence-electron chi connectivity index (χ4n) is 0.546. The molecule has 0 bridgehead atoms. The second-order valence-corrected chi connectivity index (χ2v) is 2.25. The van der Waals surface area contributed by atoms with Crippen LogP contribution in [0.1, 0.15) is 6.42 Å². The molecule has 56 valence electrons. The Balaban J connectivity index is 3.85. The van der Waals surface area contributed by atoms with Gasteiger partial charge < -0.3 is 10.6 Å². The SMILES string of the molecule is C#CCC(N)C(=O)N(C)C. The predicted molar refractivity (Wildman–Crippen MR) is 40.1 cm³/mol. The molecule has 1 atom stereocenters. The van der Waals surface area contributed by atoms with Crippen molar-refractivity contribution < 1.29 is 4.79 Å². The predicted octanol–water partition coefficient (Wildman–Crippen LogP) is -0.575. The number of nitrogens with zero attached hydrogens (tertiary/aromatic N) is 1. The van der Waals surface area contributed by atoms with Crippen LogP contribution in [0.25, 0.3) is 0 Å². The van der Waals surface area contributed by atoms with E-state index in [1.165, 1.54) is 4.90 Å². The Labute approximate surface area is 61.2 Å². The van der Waals surface area contributed by atoms with E-state index in [4.69, 9.17) is 12.2 Å². The third-order valence-electron chi connectivity index (χ3n) is 1.10. The Morgan fingerprint density at radius 3 is 2.60 bits per heavy atom. The molecule has 0 aromatic carbocycles. The van der Waals surface area contributed by atoms with Crippen molar-refractivity contribution in [1.29, 1.82) is 0 Å². The molecule has 0 heterocycles. The molecule has 0 saturated heterocycles. The molecule has 10 heavy (non-hydrogen) atoms. The van der Waals surface area contributed by atoms with Crippen LogP contribution in [0.4, 0.5) is 0 Å². The summed E-state index contributed by atoms with van der Waals surface area (Å²) >= 11 is 0. The molecule has 1 amide bonds. The molecule has 0 rings (SSSR count). The molecule has 0 saturated carbocycles. The van der Waals surface area contributed by atoms with Crippen LogP contribution in [0, 0.1) is 12.3 Å². The lowest BCUT2D eigenvalue weighted by Gasteiger charge is -2.13. The van der Waals surface area contributed by atoms with Gasteiger partial charge in [-0.25, -0.2) is 0 Å². The Kier molecular flexibility index (Phi) is 3.52. The van der Waals surface area contributed by atoms with Gasteiger partial charge in [0.05, 0.1) is 6.04 Å². The average molecular weight is 140 g/mol. The Morgan fingerprint density at radius 1 is 1.80 bits per heavy atom. The van der Waals surface area contributed by atoms with Crippen LogP contribution in [-0.4, -0.2) is 30.9 Å². The van der Waals surface area contributed by atoms with E-state index in [-0.39, 0.29) is 5.91 Å². The quantitative estimate of drug-likeness (QED) is 0.522. The standard InChI is InChI=1S/C7H12N2O/c1-4-5-6(8)7(10)9(2)3/h1,6H,5,8H2,2-3H3. The summed E-state index contributed by atoms with van der Waals surface area (Å²) < 4.78 is 0. The number of carbonyl (C=O) groups excluding carboxylic acids is 1. The minimum Gasteiger partial charge on any atom is -0.347 e. The maximum absolute atomic E-state index is 10.9. The second-order valence-electron chi connectivity index (χ2n) is 2.25. The fourth-order valence-corrected chi connectivity index (χ4v) is 0.546. The largest absolute Gasteiger partial charge is 0.347 e. The summed E-state index contributed by atoms with van der Waals surface area (Å²) in [5.74, 6) is 2.20. The van der Waals surface area contributed by atoms with Crippen molar-refractivity contribution in [3.8, 4) is 12.3 Å². The summed E-state index contributed by atoms with van der Waals surface area (Å²) in [6, 6.07) is -0.542. The average Bonchev–Trinajstić information content (AvgIpc) is 1.87. The van der Waals surface area contributed by atoms with Gasteiger partial charge in [0.1, 0.15) is 0 Å². The van der Waals surface area contributed by atoms with Gasteiger partial charge in [-0.2, -0.15) is 0 Å². The van der Waals surface area contributed by atoms with Gasteiger partial charge in [-0.15, -0.1) is 12.3 Å². The summed E-state index contributed by atoms with van der Waals surface area (Å²) in [7, 11) is 3.30. The summed E-state index contributed by atoms with van der Waals surface area (Å²) in [5.41, 5.74) is 5.39. The monoisotopic (exact) mass is 140 g/mol. The third-order valence-corrected chi connectivity index (χ3v) is 1.10. The topological polar surface area (TPSA) is 46.3 Å². The van der Waals surface area contributed by atoms with Crippen LogP contribution >= 0.6 is 0 Å². The van der Waals surface area contributed by atoms with E-state index >= 15 is 0 Å². The van der Waals surface area contributed by atoms with Crippen LogP contribution in [0.3, 0.4) is 0 Å². The number of hydrogen-bond donors (Lipinski definition) is 1. The van der Waals surface area contributed by atoms with Crippen molar-refractivity contribution in [3.63, 3.8) is 0 Å². The van der Waals surface area contributed by atoms with E-state index < -0.39 is 6.04 Å². The number of terminal acetylenes is 1.